The molecule has 2 heterocycles. The molecule has 1 aliphatic rings. The molecule has 0 unspecified atom stereocenters. The van der Waals surface area contributed by atoms with Gasteiger partial charge in [-0.2, -0.15) is 0 Å². The van der Waals surface area contributed by atoms with Crippen LogP contribution >= 0.6 is 27.3 Å². The van der Waals surface area contributed by atoms with E-state index < -0.39 is 0 Å². The third kappa shape index (κ3) is 4.63. The molecule has 1 aliphatic heterocycles. The summed E-state index contributed by atoms with van der Waals surface area (Å²) in [5, 5.41) is 3.52. The topological polar surface area (TPSA) is 30.5 Å². The SMILES string of the molecule is C[C@@H](NCCCO[C@@H]1CCOC1)c1ccc(Br)s1. The zero-order valence-electron chi connectivity index (χ0n) is 10.7. The standard InChI is InChI=1S/C13H20BrNO2S/c1-10(12-3-4-13(14)18-12)15-6-2-7-17-11-5-8-16-9-11/h3-4,10-11,15H,2,5-9H2,1H3/t10-,11-/m1/s1. The lowest BCUT2D eigenvalue weighted by Crippen LogP contribution is -2.21. The minimum Gasteiger partial charge on any atom is -0.379 e. The average Bonchev–Trinajstić information content (AvgIpc) is 2.99. The highest BCUT2D eigenvalue weighted by atomic mass is 79.9. The molecule has 2 rings (SSSR count). The van der Waals surface area contributed by atoms with E-state index in [9.17, 15) is 0 Å². The molecule has 0 amide bonds. The number of nitrogens with one attached hydrogen (secondary N) is 1. The first kappa shape index (κ1) is 14.5. The van der Waals surface area contributed by atoms with Gasteiger partial charge < -0.3 is 14.8 Å². The molecular weight excluding hydrogens is 314 g/mol. The van der Waals surface area contributed by atoms with Gasteiger partial charge in [0.25, 0.3) is 0 Å². The summed E-state index contributed by atoms with van der Waals surface area (Å²) in [6.07, 6.45) is 2.43. The van der Waals surface area contributed by atoms with E-state index in [1.54, 1.807) is 11.3 Å². The van der Waals surface area contributed by atoms with Gasteiger partial charge in [-0.05, 0) is 54.4 Å². The predicted molar refractivity (Wildman–Crippen MR) is 78.2 cm³/mol. The molecule has 0 aliphatic carbocycles. The molecule has 0 saturated carbocycles. The largest absolute Gasteiger partial charge is 0.379 e. The normalized spacial score (nSPS) is 21.3. The first-order chi connectivity index (χ1) is 8.75. The molecular formula is C13H20BrNO2S. The van der Waals surface area contributed by atoms with Crippen LogP contribution in [0.3, 0.4) is 0 Å². The summed E-state index contributed by atoms with van der Waals surface area (Å²) in [7, 11) is 0. The van der Waals surface area contributed by atoms with Crippen molar-refractivity contribution in [3.8, 4) is 0 Å². The number of rotatable bonds is 7. The fraction of sp³-hybridized carbons (Fsp3) is 0.692. The van der Waals surface area contributed by atoms with Gasteiger partial charge in [0.2, 0.25) is 0 Å². The fourth-order valence-corrected chi connectivity index (χ4v) is 3.40. The van der Waals surface area contributed by atoms with E-state index in [-0.39, 0.29) is 0 Å². The first-order valence-electron chi connectivity index (χ1n) is 6.43. The summed E-state index contributed by atoms with van der Waals surface area (Å²) in [4.78, 5) is 1.37. The minimum absolute atomic E-state index is 0.329. The number of ether oxygens (including phenoxy) is 2. The number of halogens is 1. The summed E-state index contributed by atoms with van der Waals surface area (Å²) in [6, 6.07) is 4.68. The predicted octanol–water partition coefficient (Wildman–Crippen LogP) is 3.36. The van der Waals surface area contributed by atoms with Gasteiger partial charge in [0, 0.05) is 24.1 Å². The van der Waals surface area contributed by atoms with E-state index in [4.69, 9.17) is 9.47 Å². The lowest BCUT2D eigenvalue weighted by Gasteiger charge is -2.13. The van der Waals surface area contributed by atoms with Crippen molar-refractivity contribution in [3.63, 3.8) is 0 Å². The summed E-state index contributed by atoms with van der Waals surface area (Å²) < 4.78 is 12.2. The van der Waals surface area contributed by atoms with Crippen LogP contribution in [0.2, 0.25) is 0 Å². The van der Waals surface area contributed by atoms with Crippen molar-refractivity contribution in [2.24, 2.45) is 0 Å². The van der Waals surface area contributed by atoms with E-state index in [1.165, 1.54) is 8.66 Å². The van der Waals surface area contributed by atoms with E-state index in [2.05, 4.69) is 40.3 Å². The van der Waals surface area contributed by atoms with Crippen LogP contribution in [-0.4, -0.2) is 32.5 Å². The Balaban J connectivity index is 1.54. The molecule has 1 saturated heterocycles. The van der Waals surface area contributed by atoms with Crippen molar-refractivity contribution in [2.75, 3.05) is 26.4 Å². The highest BCUT2D eigenvalue weighted by Gasteiger charge is 2.15. The molecule has 1 fully saturated rings. The molecule has 18 heavy (non-hydrogen) atoms. The highest BCUT2D eigenvalue weighted by Crippen LogP contribution is 2.26. The van der Waals surface area contributed by atoms with Gasteiger partial charge in [-0.25, -0.2) is 0 Å². The van der Waals surface area contributed by atoms with Crippen LogP contribution in [0.25, 0.3) is 0 Å². The zero-order valence-corrected chi connectivity index (χ0v) is 13.1. The smallest absolute Gasteiger partial charge is 0.0830 e. The van der Waals surface area contributed by atoms with Gasteiger partial charge in [-0.1, -0.05) is 0 Å². The molecule has 1 aromatic heterocycles. The van der Waals surface area contributed by atoms with Gasteiger partial charge in [-0.3, -0.25) is 0 Å². The van der Waals surface area contributed by atoms with E-state index >= 15 is 0 Å². The van der Waals surface area contributed by atoms with E-state index in [0.29, 0.717) is 12.1 Å². The molecule has 5 heteroatoms. The van der Waals surface area contributed by atoms with Crippen LogP contribution in [0, 0.1) is 0 Å². The van der Waals surface area contributed by atoms with Crippen molar-refractivity contribution in [2.45, 2.75) is 31.9 Å². The number of hydrogen-bond donors (Lipinski definition) is 1. The Morgan fingerprint density at radius 1 is 1.61 bits per heavy atom. The monoisotopic (exact) mass is 333 g/mol. The van der Waals surface area contributed by atoms with Gasteiger partial charge in [-0.15, -0.1) is 11.3 Å². The summed E-state index contributed by atoms with van der Waals surface area (Å²) >= 11 is 5.28. The third-order valence-electron chi connectivity index (χ3n) is 3.03. The second-order valence-electron chi connectivity index (χ2n) is 4.53. The Labute approximate surface area is 121 Å². The van der Waals surface area contributed by atoms with Crippen LogP contribution in [0.5, 0.6) is 0 Å². The maximum atomic E-state index is 5.72. The van der Waals surface area contributed by atoms with Gasteiger partial charge in [0.05, 0.1) is 16.5 Å². The molecule has 0 aromatic carbocycles. The lowest BCUT2D eigenvalue weighted by atomic mass is 10.2. The number of thiophene rings is 1. The van der Waals surface area contributed by atoms with Crippen molar-refractivity contribution >= 4 is 27.3 Å². The summed E-state index contributed by atoms with van der Waals surface area (Å²) in [6.45, 7) is 5.64. The molecule has 0 bridgehead atoms. The molecule has 102 valence electrons. The fourth-order valence-electron chi connectivity index (χ4n) is 1.95. The van der Waals surface area contributed by atoms with Gasteiger partial charge in [0.15, 0.2) is 0 Å². The quantitative estimate of drug-likeness (QED) is 0.776. The van der Waals surface area contributed by atoms with E-state index in [0.717, 1.165) is 39.2 Å². The highest BCUT2D eigenvalue weighted by molar-refractivity contribution is 9.11. The molecule has 0 spiro atoms. The van der Waals surface area contributed by atoms with Gasteiger partial charge >= 0.3 is 0 Å². The maximum absolute atomic E-state index is 5.72. The van der Waals surface area contributed by atoms with Crippen LogP contribution in [0.4, 0.5) is 0 Å². The molecule has 3 nitrogen and oxygen atoms in total. The minimum atomic E-state index is 0.329. The second kappa shape index (κ2) is 7.60. The Hall–Kier alpha value is 0.0600. The maximum Gasteiger partial charge on any atom is 0.0830 e. The molecule has 1 aromatic rings. The van der Waals surface area contributed by atoms with E-state index in [1.807, 2.05) is 0 Å². The zero-order chi connectivity index (χ0) is 12.8. The Bertz CT molecular complexity index is 353. The lowest BCUT2D eigenvalue weighted by molar-refractivity contribution is 0.0414. The third-order valence-corrected chi connectivity index (χ3v) is 4.84. The molecule has 0 radical (unpaired) electrons. The Morgan fingerprint density at radius 3 is 3.17 bits per heavy atom. The van der Waals surface area contributed by atoms with Crippen molar-refractivity contribution in [1.29, 1.82) is 0 Å². The molecule has 1 N–H and O–H groups in total. The molecule has 2 atom stereocenters. The number of hydrogen-bond acceptors (Lipinski definition) is 4. The van der Waals surface area contributed by atoms with Crippen molar-refractivity contribution in [1.82, 2.24) is 5.32 Å². The van der Waals surface area contributed by atoms with Crippen molar-refractivity contribution in [3.05, 3.63) is 20.8 Å². The second-order valence-corrected chi connectivity index (χ2v) is 7.02. The van der Waals surface area contributed by atoms with Crippen LogP contribution in [-0.2, 0) is 9.47 Å². The summed E-state index contributed by atoms with van der Waals surface area (Å²) in [5.41, 5.74) is 0. The average molecular weight is 334 g/mol. The van der Waals surface area contributed by atoms with Gasteiger partial charge in [0.1, 0.15) is 0 Å². The first-order valence-corrected chi connectivity index (χ1v) is 8.04. The van der Waals surface area contributed by atoms with Crippen molar-refractivity contribution < 1.29 is 9.47 Å². The van der Waals surface area contributed by atoms with Crippen LogP contribution in [0.15, 0.2) is 15.9 Å². The summed E-state index contributed by atoms with van der Waals surface area (Å²) in [5.74, 6) is 0. The Kier molecular flexibility index (Phi) is 6.11. The van der Waals surface area contributed by atoms with Crippen LogP contribution < -0.4 is 5.32 Å². The van der Waals surface area contributed by atoms with Crippen LogP contribution in [0.1, 0.15) is 30.7 Å². The Morgan fingerprint density at radius 2 is 2.50 bits per heavy atom.